The van der Waals surface area contributed by atoms with E-state index in [1.807, 2.05) is 14.0 Å². The van der Waals surface area contributed by atoms with Gasteiger partial charge in [-0.2, -0.15) is 0 Å². The molecule has 0 aliphatic heterocycles. The highest BCUT2D eigenvalue weighted by Gasteiger charge is 2.15. The van der Waals surface area contributed by atoms with E-state index in [2.05, 4.69) is 43.5 Å². The summed E-state index contributed by atoms with van der Waals surface area (Å²) in [5, 5.41) is 6.11. The van der Waals surface area contributed by atoms with Crippen molar-refractivity contribution in [2.75, 3.05) is 13.6 Å². The van der Waals surface area contributed by atoms with Crippen molar-refractivity contribution in [2.45, 2.75) is 40.7 Å². The van der Waals surface area contributed by atoms with Crippen LogP contribution in [-0.4, -0.2) is 19.5 Å². The fourth-order valence-electron chi connectivity index (χ4n) is 2.21. The number of aryl methyl sites for hydroxylation is 3. The van der Waals surface area contributed by atoms with E-state index in [0.29, 0.717) is 6.54 Å². The zero-order chi connectivity index (χ0) is 14.4. The van der Waals surface area contributed by atoms with Crippen LogP contribution in [0.4, 0.5) is 0 Å². The molecular formula is C16H26N2O. The first kappa shape index (κ1) is 15.7. The van der Waals surface area contributed by atoms with E-state index in [-0.39, 0.29) is 11.8 Å². The van der Waals surface area contributed by atoms with Gasteiger partial charge in [0, 0.05) is 13.1 Å². The molecule has 0 spiro atoms. The summed E-state index contributed by atoms with van der Waals surface area (Å²) >= 11 is 0. The van der Waals surface area contributed by atoms with Crippen molar-refractivity contribution in [3.05, 3.63) is 34.4 Å². The van der Waals surface area contributed by atoms with Crippen molar-refractivity contribution in [1.82, 2.24) is 10.6 Å². The summed E-state index contributed by atoms with van der Waals surface area (Å²) in [7, 11) is 1.88. The summed E-state index contributed by atoms with van der Waals surface area (Å²) in [6.45, 7) is 9.71. The minimum atomic E-state index is 0.0526. The number of benzene rings is 1. The van der Waals surface area contributed by atoms with E-state index in [4.69, 9.17) is 0 Å². The van der Waals surface area contributed by atoms with Gasteiger partial charge in [0.1, 0.15) is 0 Å². The Hall–Kier alpha value is -1.35. The zero-order valence-corrected chi connectivity index (χ0v) is 12.8. The Labute approximate surface area is 116 Å². The maximum atomic E-state index is 12.0. The van der Waals surface area contributed by atoms with Crippen LogP contribution in [0, 0.1) is 26.7 Å². The Morgan fingerprint density at radius 3 is 2.37 bits per heavy atom. The SMILES string of the molecule is CCC(CNC)C(=O)NCc1cc(C)c(C)cc1C. The molecule has 3 heteroatoms. The molecule has 0 saturated carbocycles. The zero-order valence-electron chi connectivity index (χ0n) is 12.8. The van der Waals surface area contributed by atoms with Crippen molar-refractivity contribution in [1.29, 1.82) is 0 Å². The predicted molar refractivity (Wildman–Crippen MR) is 80.2 cm³/mol. The van der Waals surface area contributed by atoms with Crippen LogP contribution in [-0.2, 0) is 11.3 Å². The van der Waals surface area contributed by atoms with E-state index in [1.54, 1.807) is 0 Å². The van der Waals surface area contributed by atoms with E-state index in [0.717, 1.165) is 13.0 Å². The van der Waals surface area contributed by atoms with Crippen molar-refractivity contribution in [3.63, 3.8) is 0 Å². The summed E-state index contributed by atoms with van der Waals surface area (Å²) in [5.74, 6) is 0.186. The number of amides is 1. The van der Waals surface area contributed by atoms with E-state index >= 15 is 0 Å². The number of hydrogen-bond donors (Lipinski definition) is 2. The minimum Gasteiger partial charge on any atom is -0.352 e. The molecule has 1 unspecified atom stereocenters. The first-order chi connectivity index (χ1) is 8.99. The molecule has 0 aromatic heterocycles. The van der Waals surface area contributed by atoms with E-state index in [1.165, 1.54) is 22.3 Å². The third kappa shape index (κ3) is 4.35. The highest BCUT2D eigenvalue weighted by atomic mass is 16.1. The van der Waals surface area contributed by atoms with Gasteiger partial charge in [-0.15, -0.1) is 0 Å². The number of carbonyl (C=O) groups is 1. The average molecular weight is 262 g/mol. The van der Waals surface area contributed by atoms with Gasteiger partial charge in [0.25, 0.3) is 0 Å². The molecule has 2 N–H and O–H groups in total. The van der Waals surface area contributed by atoms with E-state index in [9.17, 15) is 4.79 Å². The van der Waals surface area contributed by atoms with Crippen molar-refractivity contribution >= 4 is 5.91 Å². The highest BCUT2D eigenvalue weighted by Crippen LogP contribution is 2.15. The monoisotopic (exact) mass is 262 g/mol. The second-order valence-electron chi connectivity index (χ2n) is 5.24. The molecule has 0 heterocycles. The van der Waals surface area contributed by atoms with Crippen LogP contribution in [0.15, 0.2) is 12.1 Å². The van der Waals surface area contributed by atoms with Gasteiger partial charge >= 0.3 is 0 Å². The van der Waals surface area contributed by atoms with Gasteiger partial charge in [0.2, 0.25) is 5.91 Å². The van der Waals surface area contributed by atoms with Crippen LogP contribution in [0.2, 0.25) is 0 Å². The number of nitrogens with one attached hydrogen (secondary N) is 2. The second-order valence-corrected chi connectivity index (χ2v) is 5.24. The molecule has 3 nitrogen and oxygen atoms in total. The maximum Gasteiger partial charge on any atom is 0.224 e. The Balaban J connectivity index is 2.66. The summed E-state index contributed by atoms with van der Waals surface area (Å²) in [6, 6.07) is 4.35. The van der Waals surface area contributed by atoms with Gasteiger partial charge in [-0.1, -0.05) is 19.1 Å². The van der Waals surface area contributed by atoms with Gasteiger partial charge in [0.15, 0.2) is 0 Å². The van der Waals surface area contributed by atoms with Crippen molar-refractivity contribution in [3.8, 4) is 0 Å². The minimum absolute atomic E-state index is 0.0526. The highest BCUT2D eigenvalue weighted by molar-refractivity contribution is 5.78. The number of hydrogen-bond acceptors (Lipinski definition) is 2. The van der Waals surface area contributed by atoms with Crippen molar-refractivity contribution in [2.24, 2.45) is 5.92 Å². The molecule has 1 atom stereocenters. The van der Waals surface area contributed by atoms with Gasteiger partial charge in [-0.05, 0) is 56.5 Å². The Bertz CT molecular complexity index is 441. The summed E-state index contributed by atoms with van der Waals surface area (Å²) < 4.78 is 0. The molecular weight excluding hydrogens is 236 g/mol. The van der Waals surface area contributed by atoms with Crippen LogP contribution in [0.1, 0.15) is 35.6 Å². The Kier molecular flexibility index (Phi) is 6.03. The lowest BCUT2D eigenvalue weighted by molar-refractivity contribution is -0.125. The normalized spacial score (nSPS) is 12.3. The average Bonchev–Trinajstić information content (AvgIpc) is 2.38. The fraction of sp³-hybridized carbons (Fsp3) is 0.562. The first-order valence-corrected chi connectivity index (χ1v) is 6.98. The lowest BCUT2D eigenvalue weighted by Gasteiger charge is -2.16. The van der Waals surface area contributed by atoms with Crippen LogP contribution < -0.4 is 10.6 Å². The molecule has 0 fully saturated rings. The van der Waals surface area contributed by atoms with Gasteiger partial charge in [0.05, 0.1) is 5.92 Å². The Morgan fingerprint density at radius 2 is 1.79 bits per heavy atom. The molecule has 1 rings (SSSR count). The van der Waals surface area contributed by atoms with Crippen LogP contribution in [0.25, 0.3) is 0 Å². The van der Waals surface area contributed by atoms with Crippen LogP contribution >= 0.6 is 0 Å². The topological polar surface area (TPSA) is 41.1 Å². The third-order valence-electron chi connectivity index (χ3n) is 3.72. The second kappa shape index (κ2) is 7.29. The summed E-state index contributed by atoms with van der Waals surface area (Å²) in [6.07, 6.45) is 0.860. The molecule has 0 radical (unpaired) electrons. The fourth-order valence-corrected chi connectivity index (χ4v) is 2.21. The molecule has 0 aliphatic carbocycles. The molecule has 0 saturated heterocycles. The summed E-state index contributed by atoms with van der Waals surface area (Å²) in [5.41, 5.74) is 5.02. The van der Waals surface area contributed by atoms with Crippen LogP contribution in [0.5, 0.6) is 0 Å². The predicted octanol–water partition coefficient (Wildman–Crippen LogP) is 2.47. The third-order valence-corrected chi connectivity index (χ3v) is 3.72. The van der Waals surface area contributed by atoms with Gasteiger partial charge in [-0.25, -0.2) is 0 Å². The molecule has 19 heavy (non-hydrogen) atoms. The quantitative estimate of drug-likeness (QED) is 0.827. The van der Waals surface area contributed by atoms with Gasteiger partial charge < -0.3 is 10.6 Å². The maximum absolute atomic E-state index is 12.0. The van der Waals surface area contributed by atoms with Crippen LogP contribution in [0.3, 0.4) is 0 Å². The molecule has 1 amide bonds. The Morgan fingerprint density at radius 1 is 1.16 bits per heavy atom. The van der Waals surface area contributed by atoms with Gasteiger partial charge in [-0.3, -0.25) is 4.79 Å². The lowest BCUT2D eigenvalue weighted by atomic mass is 10.0. The largest absolute Gasteiger partial charge is 0.352 e. The smallest absolute Gasteiger partial charge is 0.224 e. The van der Waals surface area contributed by atoms with Crippen molar-refractivity contribution < 1.29 is 4.79 Å². The summed E-state index contributed by atoms with van der Waals surface area (Å²) in [4.78, 5) is 12.0. The number of rotatable bonds is 6. The lowest BCUT2D eigenvalue weighted by Crippen LogP contribution is -2.35. The molecule has 1 aromatic rings. The molecule has 0 bridgehead atoms. The molecule has 0 aliphatic rings. The standard InChI is InChI=1S/C16H26N2O/c1-6-14(9-17-5)16(19)18-10-15-8-12(3)11(2)7-13(15)4/h7-8,14,17H,6,9-10H2,1-5H3,(H,18,19). The first-order valence-electron chi connectivity index (χ1n) is 6.98. The number of carbonyl (C=O) groups excluding carboxylic acids is 1. The molecule has 106 valence electrons. The van der Waals surface area contributed by atoms with E-state index < -0.39 is 0 Å². The molecule has 1 aromatic carbocycles.